The molecule has 0 saturated carbocycles. The molecule has 126 valence electrons. The zero-order valence-electron chi connectivity index (χ0n) is 12.1. The van der Waals surface area contributed by atoms with Gasteiger partial charge < -0.3 is 4.74 Å². The van der Waals surface area contributed by atoms with Gasteiger partial charge in [-0.2, -0.15) is 13.2 Å². The van der Waals surface area contributed by atoms with Gasteiger partial charge in [-0.1, -0.05) is 29.1 Å². The van der Waals surface area contributed by atoms with E-state index in [9.17, 15) is 17.6 Å². The van der Waals surface area contributed by atoms with Crippen molar-refractivity contribution in [3.05, 3.63) is 45.3 Å². The van der Waals surface area contributed by atoms with Gasteiger partial charge in [0, 0.05) is 11.8 Å². The SMILES string of the molecule is C#CCOc1cc(-c2ncc(C(F)(F)F)c(C)c2Cl)c(F)cc1Cl. The minimum Gasteiger partial charge on any atom is -0.479 e. The number of terminal acetylenes is 1. The maximum atomic E-state index is 14.2. The van der Waals surface area contributed by atoms with Crippen LogP contribution in [0.2, 0.25) is 10.0 Å². The molecule has 0 spiro atoms. The van der Waals surface area contributed by atoms with Crippen LogP contribution < -0.4 is 4.74 Å². The Morgan fingerprint density at radius 2 is 1.96 bits per heavy atom. The van der Waals surface area contributed by atoms with Crippen molar-refractivity contribution in [3.63, 3.8) is 0 Å². The van der Waals surface area contributed by atoms with Gasteiger partial charge in [-0.15, -0.1) is 6.42 Å². The lowest BCUT2D eigenvalue weighted by molar-refractivity contribution is -0.138. The van der Waals surface area contributed by atoms with Gasteiger partial charge in [-0.25, -0.2) is 4.39 Å². The number of aromatic nitrogens is 1. The van der Waals surface area contributed by atoms with Gasteiger partial charge in [0.15, 0.2) is 0 Å². The molecule has 0 unspecified atom stereocenters. The Hall–Kier alpha value is -1.97. The largest absolute Gasteiger partial charge is 0.479 e. The van der Waals surface area contributed by atoms with Crippen LogP contribution in [0, 0.1) is 25.1 Å². The van der Waals surface area contributed by atoms with Crippen molar-refractivity contribution in [2.75, 3.05) is 6.61 Å². The molecule has 8 heteroatoms. The summed E-state index contributed by atoms with van der Waals surface area (Å²) >= 11 is 11.8. The van der Waals surface area contributed by atoms with E-state index in [0.717, 1.165) is 6.07 Å². The molecule has 0 fully saturated rings. The molecule has 0 N–H and O–H groups in total. The first kappa shape index (κ1) is 18.4. The predicted molar refractivity (Wildman–Crippen MR) is 83.7 cm³/mol. The molecule has 0 aliphatic rings. The van der Waals surface area contributed by atoms with Crippen LogP contribution in [0.1, 0.15) is 11.1 Å². The highest BCUT2D eigenvalue weighted by atomic mass is 35.5. The number of rotatable bonds is 3. The van der Waals surface area contributed by atoms with Crippen LogP contribution in [0.4, 0.5) is 17.6 Å². The van der Waals surface area contributed by atoms with Crippen LogP contribution in [0.15, 0.2) is 18.3 Å². The summed E-state index contributed by atoms with van der Waals surface area (Å²) < 4.78 is 58.0. The molecule has 0 bridgehead atoms. The van der Waals surface area contributed by atoms with E-state index in [1.165, 1.54) is 13.0 Å². The lowest BCUT2D eigenvalue weighted by Crippen LogP contribution is -2.09. The number of hydrogen-bond acceptors (Lipinski definition) is 2. The molecule has 2 aromatic rings. The number of pyridine rings is 1. The van der Waals surface area contributed by atoms with E-state index in [4.69, 9.17) is 34.4 Å². The molecule has 2 rings (SSSR count). The smallest absolute Gasteiger partial charge is 0.418 e. The maximum Gasteiger partial charge on any atom is 0.418 e. The fourth-order valence-electron chi connectivity index (χ4n) is 1.99. The Morgan fingerprint density at radius 1 is 1.29 bits per heavy atom. The number of hydrogen-bond donors (Lipinski definition) is 0. The Morgan fingerprint density at radius 3 is 2.54 bits per heavy atom. The number of halogens is 6. The lowest BCUT2D eigenvalue weighted by atomic mass is 10.0. The number of ether oxygens (including phenoxy) is 1. The molecule has 0 atom stereocenters. The predicted octanol–water partition coefficient (Wildman–Crippen LogP) is 5.53. The van der Waals surface area contributed by atoms with Gasteiger partial charge in [0.2, 0.25) is 0 Å². The van der Waals surface area contributed by atoms with Crippen molar-refractivity contribution in [2.24, 2.45) is 0 Å². The third kappa shape index (κ3) is 3.58. The average molecular weight is 378 g/mol. The second-order valence-corrected chi connectivity index (χ2v) is 5.50. The standard InChI is InChI=1S/C16H9Cl2F4NO/c1-3-4-24-13-5-9(12(19)6-11(13)17)15-14(18)8(2)10(7-23-15)16(20,21)22/h1,5-7H,4H2,2H3. The van der Waals surface area contributed by atoms with E-state index < -0.39 is 17.6 Å². The minimum absolute atomic E-state index is 0.0359. The Balaban J connectivity index is 2.61. The number of nitrogens with zero attached hydrogens (tertiary/aromatic N) is 1. The summed E-state index contributed by atoms with van der Waals surface area (Å²) in [5.74, 6) is 1.49. The minimum atomic E-state index is -4.61. The van der Waals surface area contributed by atoms with Crippen LogP contribution >= 0.6 is 23.2 Å². The normalized spacial score (nSPS) is 11.2. The van der Waals surface area contributed by atoms with Crippen molar-refractivity contribution in [3.8, 4) is 29.4 Å². The summed E-state index contributed by atoms with van der Waals surface area (Å²) in [6.07, 6.45) is 1.07. The van der Waals surface area contributed by atoms with E-state index >= 15 is 0 Å². The number of benzene rings is 1. The van der Waals surface area contributed by atoms with Crippen LogP contribution in [0.25, 0.3) is 11.3 Å². The molecular formula is C16H9Cl2F4NO. The molecule has 0 aliphatic heterocycles. The quantitative estimate of drug-likeness (QED) is 0.517. The van der Waals surface area contributed by atoms with Gasteiger partial charge in [0.25, 0.3) is 0 Å². The van der Waals surface area contributed by atoms with Crippen LogP contribution in [0.5, 0.6) is 5.75 Å². The summed E-state index contributed by atoms with van der Waals surface area (Å²) in [7, 11) is 0. The molecule has 0 radical (unpaired) electrons. The van der Waals surface area contributed by atoms with Crippen molar-refractivity contribution < 1.29 is 22.3 Å². The zero-order chi connectivity index (χ0) is 18.1. The molecule has 24 heavy (non-hydrogen) atoms. The van der Waals surface area contributed by atoms with Gasteiger partial charge in [0.1, 0.15) is 18.2 Å². The summed E-state index contributed by atoms with van der Waals surface area (Å²) in [6, 6.07) is 2.14. The van der Waals surface area contributed by atoms with Crippen molar-refractivity contribution in [2.45, 2.75) is 13.1 Å². The van der Waals surface area contributed by atoms with Crippen LogP contribution in [0.3, 0.4) is 0 Å². The van der Waals surface area contributed by atoms with E-state index in [-0.39, 0.29) is 39.2 Å². The first-order valence-electron chi connectivity index (χ1n) is 6.44. The average Bonchev–Trinajstić information content (AvgIpc) is 2.48. The summed E-state index contributed by atoms with van der Waals surface area (Å²) in [4.78, 5) is 3.66. The molecule has 1 aromatic carbocycles. The maximum absolute atomic E-state index is 14.2. The van der Waals surface area contributed by atoms with Crippen LogP contribution in [-0.4, -0.2) is 11.6 Å². The Bertz CT molecular complexity index is 828. The van der Waals surface area contributed by atoms with E-state index in [0.29, 0.717) is 6.20 Å². The fourth-order valence-corrected chi connectivity index (χ4v) is 2.45. The molecule has 1 aromatic heterocycles. The summed E-state index contributed by atoms with van der Waals surface area (Å²) in [5, 5.41) is -0.347. The lowest BCUT2D eigenvalue weighted by Gasteiger charge is -2.15. The van der Waals surface area contributed by atoms with Crippen molar-refractivity contribution in [1.29, 1.82) is 0 Å². The second kappa shape index (κ2) is 6.88. The molecule has 2 nitrogen and oxygen atoms in total. The monoisotopic (exact) mass is 377 g/mol. The first-order chi connectivity index (χ1) is 11.2. The van der Waals surface area contributed by atoms with Gasteiger partial charge in [-0.3, -0.25) is 4.98 Å². The summed E-state index contributed by atoms with van der Waals surface area (Å²) in [5.41, 5.74) is -1.54. The number of alkyl halides is 3. The van der Waals surface area contributed by atoms with E-state index in [1.54, 1.807) is 0 Å². The Labute approximate surface area is 145 Å². The highest BCUT2D eigenvalue weighted by molar-refractivity contribution is 6.34. The van der Waals surface area contributed by atoms with E-state index in [1.807, 2.05) is 0 Å². The third-order valence-electron chi connectivity index (χ3n) is 3.16. The summed E-state index contributed by atoms with van der Waals surface area (Å²) in [6.45, 7) is 1.07. The van der Waals surface area contributed by atoms with Gasteiger partial charge in [-0.05, 0) is 24.6 Å². The molecule has 0 amide bonds. The highest BCUT2D eigenvalue weighted by Crippen LogP contribution is 2.40. The Kier molecular flexibility index (Phi) is 5.26. The second-order valence-electron chi connectivity index (χ2n) is 4.71. The van der Waals surface area contributed by atoms with Gasteiger partial charge in [0.05, 0.1) is 21.3 Å². The third-order valence-corrected chi connectivity index (χ3v) is 3.91. The van der Waals surface area contributed by atoms with Crippen LogP contribution in [-0.2, 0) is 6.18 Å². The molecule has 1 heterocycles. The molecular weight excluding hydrogens is 369 g/mol. The first-order valence-corrected chi connectivity index (χ1v) is 7.20. The van der Waals surface area contributed by atoms with E-state index in [2.05, 4.69) is 10.9 Å². The topological polar surface area (TPSA) is 22.1 Å². The molecule has 0 aliphatic carbocycles. The fraction of sp³-hybridized carbons (Fsp3) is 0.188. The molecule has 0 saturated heterocycles. The van der Waals surface area contributed by atoms with Crippen molar-refractivity contribution in [1.82, 2.24) is 4.98 Å². The van der Waals surface area contributed by atoms with Crippen molar-refractivity contribution >= 4 is 23.2 Å². The highest BCUT2D eigenvalue weighted by Gasteiger charge is 2.34. The van der Waals surface area contributed by atoms with Gasteiger partial charge >= 0.3 is 6.18 Å². The zero-order valence-corrected chi connectivity index (χ0v) is 13.7.